The van der Waals surface area contributed by atoms with Crippen molar-refractivity contribution in [1.82, 2.24) is 4.98 Å². The fourth-order valence-electron chi connectivity index (χ4n) is 2.88. The molecule has 150 valence electrons. The van der Waals surface area contributed by atoms with Gasteiger partial charge in [0.05, 0.1) is 11.6 Å². The van der Waals surface area contributed by atoms with Gasteiger partial charge in [-0.1, -0.05) is 12.1 Å². The van der Waals surface area contributed by atoms with E-state index in [1.807, 2.05) is 6.92 Å². The summed E-state index contributed by atoms with van der Waals surface area (Å²) in [4.78, 5) is 16.4. The van der Waals surface area contributed by atoms with Gasteiger partial charge in [0.2, 0.25) is 5.89 Å². The maximum absolute atomic E-state index is 12.0. The molecule has 0 spiro atoms. The van der Waals surface area contributed by atoms with E-state index in [4.69, 9.17) is 14.4 Å². The number of aryl methyl sites for hydroxylation is 1. The van der Waals surface area contributed by atoms with Crippen LogP contribution < -0.4 is 0 Å². The highest BCUT2D eigenvalue weighted by atomic mass is 16.6. The molecule has 0 aliphatic carbocycles. The van der Waals surface area contributed by atoms with Gasteiger partial charge in [-0.2, -0.15) is 5.26 Å². The van der Waals surface area contributed by atoms with Crippen LogP contribution in [0.4, 0.5) is 0 Å². The molecule has 0 saturated heterocycles. The third-order valence-corrected chi connectivity index (χ3v) is 4.25. The molecule has 0 saturated carbocycles. The van der Waals surface area contributed by atoms with E-state index >= 15 is 0 Å². The van der Waals surface area contributed by atoms with Gasteiger partial charge in [0, 0.05) is 5.56 Å². The monoisotopic (exact) mass is 394 g/mol. The van der Waals surface area contributed by atoms with Crippen molar-refractivity contribution in [3.05, 3.63) is 53.1 Å². The SMILES string of the molecule is Cc1cc(C#N)cc2nc(-c3ccc(C(O)C(O)C(=O)OC(C)(C)C)cc3)oc12. The van der Waals surface area contributed by atoms with Crippen LogP contribution in [0.3, 0.4) is 0 Å². The second-order valence-electron chi connectivity index (χ2n) is 7.82. The first-order valence-corrected chi connectivity index (χ1v) is 9.09. The summed E-state index contributed by atoms with van der Waals surface area (Å²) in [5, 5.41) is 29.5. The summed E-state index contributed by atoms with van der Waals surface area (Å²) in [6, 6.07) is 12.0. The summed E-state index contributed by atoms with van der Waals surface area (Å²) >= 11 is 0. The van der Waals surface area contributed by atoms with Crippen molar-refractivity contribution in [1.29, 1.82) is 5.26 Å². The third kappa shape index (κ3) is 4.45. The summed E-state index contributed by atoms with van der Waals surface area (Å²) in [5.74, 6) is -0.524. The lowest BCUT2D eigenvalue weighted by Crippen LogP contribution is -2.35. The number of fused-ring (bicyclic) bond motifs is 1. The first-order chi connectivity index (χ1) is 13.6. The average Bonchev–Trinajstić information content (AvgIpc) is 3.10. The molecule has 0 radical (unpaired) electrons. The van der Waals surface area contributed by atoms with Gasteiger partial charge in [-0.25, -0.2) is 9.78 Å². The first kappa shape index (κ1) is 20.5. The fourth-order valence-corrected chi connectivity index (χ4v) is 2.88. The van der Waals surface area contributed by atoms with E-state index in [1.165, 1.54) is 0 Å². The zero-order valence-corrected chi connectivity index (χ0v) is 16.6. The van der Waals surface area contributed by atoms with Crippen molar-refractivity contribution in [2.24, 2.45) is 0 Å². The molecule has 1 heterocycles. The van der Waals surface area contributed by atoms with Gasteiger partial charge in [-0.3, -0.25) is 0 Å². The van der Waals surface area contributed by atoms with E-state index < -0.39 is 23.8 Å². The Morgan fingerprint density at radius 3 is 2.45 bits per heavy atom. The molecule has 29 heavy (non-hydrogen) atoms. The Morgan fingerprint density at radius 1 is 1.21 bits per heavy atom. The summed E-state index contributed by atoms with van der Waals surface area (Å²) in [6.45, 7) is 6.89. The molecular formula is C22H22N2O5. The number of ether oxygens (including phenoxy) is 1. The Labute approximate surface area is 168 Å². The molecule has 7 nitrogen and oxygen atoms in total. The number of aromatic nitrogens is 1. The minimum absolute atomic E-state index is 0.353. The lowest BCUT2D eigenvalue weighted by molar-refractivity contribution is -0.171. The van der Waals surface area contributed by atoms with Crippen LogP contribution in [0, 0.1) is 18.3 Å². The number of esters is 1. The number of rotatable bonds is 4. The smallest absolute Gasteiger partial charge is 0.338 e. The van der Waals surface area contributed by atoms with Crippen molar-refractivity contribution in [3.8, 4) is 17.5 Å². The second kappa shape index (κ2) is 7.66. The Kier molecular flexibility index (Phi) is 5.42. The molecule has 0 aliphatic heterocycles. The van der Waals surface area contributed by atoms with Crippen molar-refractivity contribution in [3.63, 3.8) is 0 Å². The van der Waals surface area contributed by atoms with Crippen LogP contribution in [0.25, 0.3) is 22.6 Å². The maximum atomic E-state index is 12.0. The van der Waals surface area contributed by atoms with Crippen molar-refractivity contribution < 1.29 is 24.2 Å². The number of carbonyl (C=O) groups excluding carboxylic acids is 1. The van der Waals surface area contributed by atoms with E-state index in [9.17, 15) is 15.0 Å². The average molecular weight is 394 g/mol. The minimum Gasteiger partial charge on any atom is -0.458 e. The van der Waals surface area contributed by atoms with E-state index in [0.717, 1.165) is 5.56 Å². The zero-order chi connectivity index (χ0) is 21.3. The lowest BCUT2D eigenvalue weighted by Gasteiger charge is -2.24. The van der Waals surface area contributed by atoms with E-state index in [-0.39, 0.29) is 0 Å². The normalized spacial score (nSPS) is 13.7. The van der Waals surface area contributed by atoms with E-state index in [2.05, 4.69) is 11.1 Å². The van der Waals surface area contributed by atoms with Crippen LogP contribution in [-0.2, 0) is 9.53 Å². The molecular weight excluding hydrogens is 372 g/mol. The first-order valence-electron chi connectivity index (χ1n) is 9.09. The fraction of sp³-hybridized carbons (Fsp3) is 0.318. The van der Waals surface area contributed by atoms with Gasteiger partial charge in [0.25, 0.3) is 0 Å². The molecule has 2 atom stereocenters. The quantitative estimate of drug-likeness (QED) is 0.651. The van der Waals surface area contributed by atoms with Crippen molar-refractivity contribution in [2.75, 3.05) is 0 Å². The molecule has 0 fully saturated rings. The summed E-state index contributed by atoms with van der Waals surface area (Å²) in [5.41, 5.74) is 2.74. The molecule has 0 amide bonds. The predicted molar refractivity (Wildman–Crippen MR) is 106 cm³/mol. The predicted octanol–water partition coefficient (Wildman–Crippen LogP) is 3.41. The van der Waals surface area contributed by atoms with Crippen LogP contribution >= 0.6 is 0 Å². The van der Waals surface area contributed by atoms with E-state index in [0.29, 0.717) is 33.7 Å². The minimum atomic E-state index is -1.70. The maximum Gasteiger partial charge on any atom is 0.338 e. The van der Waals surface area contributed by atoms with Crippen molar-refractivity contribution in [2.45, 2.75) is 45.5 Å². The van der Waals surface area contributed by atoms with Gasteiger partial charge < -0.3 is 19.4 Å². The lowest BCUT2D eigenvalue weighted by atomic mass is 10.0. The number of oxazole rings is 1. The second-order valence-corrected chi connectivity index (χ2v) is 7.82. The number of nitrogens with zero attached hydrogens (tertiary/aromatic N) is 2. The summed E-state index contributed by atoms with van der Waals surface area (Å²) in [6.07, 6.45) is -3.13. The van der Waals surface area contributed by atoms with Gasteiger partial charge >= 0.3 is 5.97 Å². The molecule has 0 aliphatic rings. The summed E-state index contributed by atoms with van der Waals surface area (Å²) < 4.78 is 10.9. The zero-order valence-electron chi connectivity index (χ0n) is 16.6. The highest BCUT2D eigenvalue weighted by molar-refractivity contribution is 5.81. The Balaban J connectivity index is 1.83. The largest absolute Gasteiger partial charge is 0.458 e. The van der Waals surface area contributed by atoms with Crippen LogP contribution in [0.2, 0.25) is 0 Å². The topological polar surface area (TPSA) is 117 Å². The van der Waals surface area contributed by atoms with Gasteiger partial charge in [0.15, 0.2) is 11.7 Å². The van der Waals surface area contributed by atoms with Gasteiger partial charge in [-0.15, -0.1) is 0 Å². The molecule has 3 aromatic rings. The number of benzene rings is 2. The Morgan fingerprint density at radius 2 is 1.86 bits per heavy atom. The Hall–Kier alpha value is -3.21. The number of hydrogen-bond donors (Lipinski definition) is 2. The van der Waals surface area contributed by atoms with Crippen LogP contribution in [0.5, 0.6) is 0 Å². The van der Waals surface area contributed by atoms with Crippen LogP contribution in [0.1, 0.15) is 43.6 Å². The van der Waals surface area contributed by atoms with Gasteiger partial charge in [0.1, 0.15) is 17.2 Å². The Bertz CT molecular complexity index is 1090. The van der Waals surface area contributed by atoms with Gasteiger partial charge in [-0.05, 0) is 63.1 Å². The molecule has 0 bridgehead atoms. The standard InChI is InChI=1S/C22H22N2O5/c1-12-9-13(11-23)10-16-19(12)28-20(24-16)15-7-5-14(6-8-15)17(25)18(26)21(27)29-22(2,3)4/h5-10,17-18,25-26H,1-4H3. The highest BCUT2D eigenvalue weighted by Gasteiger charge is 2.30. The van der Waals surface area contributed by atoms with Crippen LogP contribution in [-0.4, -0.2) is 32.9 Å². The van der Waals surface area contributed by atoms with E-state index in [1.54, 1.807) is 57.2 Å². The molecule has 7 heteroatoms. The number of nitriles is 1. The molecule has 2 unspecified atom stereocenters. The molecule has 2 aromatic carbocycles. The highest BCUT2D eigenvalue weighted by Crippen LogP contribution is 2.29. The van der Waals surface area contributed by atoms with Crippen LogP contribution in [0.15, 0.2) is 40.8 Å². The number of hydrogen-bond acceptors (Lipinski definition) is 7. The number of aliphatic hydroxyl groups excluding tert-OH is 2. The summed E-state index contributed by atoms with van der Waals surface area (Å²) in [7, 11) is 0. The molecule has 3 rings (SSSR count). The number of aliphatic hydroxyl groups is 2. The molecule has 2 N–H and O–H groups in total. The molecule has 1 aromatic heterocycles. The third-order valence-electron chi connectivity index (χ3n) is 4.25. The number of carbonyl (C=O) groups is 1. The van der Waals surface area contributed by atoms with Crippen molar-refractivity contribution >= 4 is 17.1 Å².